The van der Waals surface area contributed by atoms with Crippen molar-refractivity contribution in [2.75, 3.05) is 6.61 Å². The lowest BCUT2D eigenvalue weighted by atomic mass is 9.93. The standard InChI is InChI=1S/C26H22ClF2NO5S/c1-2-35-26(32)25-22(17-6-4-8-20(29)14-17)30-21(16-5-3-7-19(28)13-16)24(36(25,33)34)23(31)15-9-11-18(27)12-10-15/h3-14,21-22,24-25,30H,2H2,1H3/t21-,22+,24+,25-/m1/s1. The number of sulfone groups is 1. The third kappa shape index (κ3) is 5.04. The second-order valence-electron chi connectivity index (χ2n) is 8.29. The van der Waals surface area contributed by atoms with Crippen molar-refractivity contribution >= 4 is 33.2 Å². The van der Waals surface area contributed by atoms with Crippen LogP contribution in [0.15, 0.2) is 72.8 Å². The molecule has 1 N–H and O–H groups in total. The number of nitrogens with one attached hydrogen (secondary N) is 1. The van der Waals surface area contributed by atoms with Crippen LogP contribution in [0.3, 0.4) is 0 Å². The summed E-state index contributed by atoms with van der Waals surface area (Å²) in [6.07, 6.45) is 0. The molecule has 0 bridgehead atoms. The van der Waals surface area contributed by atoms with Gasteiger partial charge in [-0.1, -0.05) is 35.9 Å². The lowest BCUT2D eigenvalue weighted by Gasteiger charge is -2.41. The smallest absolute Gasteiger partial charge is 0.326 e. The van der Waals surface area contributed by atoms with Crippen LogP contribution in [0.4, 0.5) is 8.78 Å². The van der Waals surface area contributed by atoms with Gasteiger partial charge in [0.05, 0.1) is 18.7 Å². The molecule has 1 fully saturated rings. The van der Waals surface area contributed by atoms with Crippen LogP contribution < -0.4 is 5.32 Å². The summed E-state index contributed by atoms with van der Waals surface area (Å²) in [6.45, 7) is 1.41. The van der Waals surface area contributed by atoms with Crippen molar-refractivity contribution in [3.63, 3.8) is 0 Å². The van der Waals surface area contributed by atoms with Gasteiger partial charge in [-0.15, -0.1) is 0 Å². The Morgan fingerprint density at radius 2 is 1.42 bits per heavy atom. The maximum atomic E-state index is 14.2. The van der Waals surface area contributed by atoms with Crippen LogP contribution in [0.2, 0.25) is 5.02 Å². The SMILES string of the molecule is CCOC(=O)[C@H]1[C@H](c2cccc(F)c2)N[C@H](c2cccc(F)c2)[C@@H](C(=O)c2ccc(Cl)cc2)S1(=O)=O. The normalized spacial score (nSPS) is 23.1. The van der Waals surface area contributed by atoms with Gasteiger partial charge in [0.2, 0.25) is 0 Å². The molecule has 1 aliphatic heterocycles. The van der Waals surface area contributed by atoms with Gasteiger partial charge in [-0.05, 0) is 66.6 Å². The fourth-order valence-electron chi connectivity index (χ4n) is 4.42. The fraction of sp³-hybridized carbons (Fsp3) is 0.231. The number of benzene rings is 3. The van der Waals surface area contributed by atoms with Crippen LogP contribution in [-0.4, -0.2) is 37.3 Å². The Morgan fingerprint density at radius 1 is 0.889 bits per heavy atom. The monoisotopic (exact) mass is 533 g/mol. The fourth-order valence-corrected chi connectivity index (χ4v) is 6.86. The Morgan fingerprint density at radius 3 is 1.92 bits per heavy atom. The average molecular weight is 534 g/mol. The van der Waals surface area contributed by atoms with E-state index in [0.29, 0.717) is 5.02 Å². The van der Waals surface area contributed by atoms with Crippen molar-refractivity contribution in [2.45, 2.75) is 29.5 Å². The number of carbonyl (C=O) groups excluding carboxylic acids is 2. The largest absolute Gasteiger partial charge is 0.465 e. The molecule has 6 nitrogen and oxygen atoms in total. The number of esters is 1. The van der Waals surface area contributed by atoms with Crippen LogP contribution in [0.1, 0.15) is 40.5 Å². The number of rotatable bonds is 6. The first kappa shape index (κ1) is 25.9. The van der Waals surface area contributed by atoms with Gasteiger partial charge in [0, 0.05) is 10.6 Å². The summed E-state index contributed by atoms with van der Waals surface area (Å²) in [5.41, 5.74) is 0.382. The molecule has 1 aliphatic rings. The number of hydrogen-bond donors (Lipinski definition) is 1. The lowest BCUT2D eigenvalue weighted by molar-refractivity contribution is -0.143. The first-order valence-corrected chi connectivity index (χ1v) is 13.1. The van der Waals surface area contributed by atoms with Gasteiger partial charge in [-0.25, -0.2) is 17.2 Å². The predicted octanol–water partition coefficient (Wildman–Crippen LogP) is 4.60. The van der Waals surface area contributed by atoms with Gasteiger partial charge in [0.15, 0.2) is 20.9 Å². The third-order valence-corrected chi connectivity index (χ3v) is 8.61. The Kier molecular flexibility index (Phi) is 7.54. The van der Waals surface area contributed by atoms with Crippen molar-refractivity contribution in [1.82, 2.24) is 5.32 Å². The number of ketones is 1. The Balaban J connectivity index is 1.92. The zero-order valence-corrected chi connectivity index (χ0v) is 20.6. The summed E-state index contributed by atoms with van der Waals surface area (Å²) in [5, 5.41) is -0.283. The molecule has 36 heavy (non-hydrogen) atoms. The average Bonchev–Trinajstić information content (AvgIpc) is 2.83. The van der Waals surface area contributed by atoms with Gasteiger partial charge < -0.3 is 4.74 Å². The molecule has 188 valence electrons. The van der Waals surface area contributed by atoms with Gasteiger partial charge in [-0.2, -0.15) is 0 Å². The minimum absolute atomic E-state index is 0.0444. The molecule has 0 saturated carbocycles. The Hall–Kier alpha value is -3.14. The maximum Gasteiger partial charge on any atom is 0.326 e. The Labute approximate surface area is 212 Å². The molecule has 0 radical (unpaired) electrons. The highest BCUT2D eigenvalue weighted by Crippen LogP contribution is 2.40. The topological polar surface area (TPSA) is 89.5 Å². The van der Waals surface area contributed by atoms with E-state index in [1.807, 2.05) is 0 Å². The quantitative estimate of drug-likeness (QED) is 0.368. The third-order valence-electron chi connectivity index (χ3n) is 5.99. The first-order chi connectivity index (χ1) is 17.1. The Bertz CT molecular complexity index is 1400. The molecule has 4 atom stereocenters. The minimum Gasteiger partial charge on any atom is -0.465 e. The molecule has 0 amide bonds. The number of halogens is 3. The molecule has 10 heteroatoms. The summed E-state index contributed by atoms with van der Waals surface area (Å²) < 4.78 is 61.5. The predicted molar refractivity (Wildman–Crippen MR) is 130 cm³/mol. The van der Waals surface area contributed by atoms with Crippen LogP contribution in [-0.2, 0) is 19.4 Å². The van der Waals surface area contributed by atoms with Gasteiger partial charge in [-0.3, -0.25) is 14.9 Å². The number of Topliss-reactive ketones (excluding diaryl/α,β-unsaturated/α-hetero) is 1. The van der Waals surface area contributed by atoms with E-state index in [0.717, 1.165) is 12.1 Å². The van der Waals surface area contributed by atoms with E-state index in [1.54, 1.807) is 0 Å². The number of ether oxygens (including phenoxy) is 1. The van der Waals surface area contributed by atoms with Gasteiger partial charge in [0.25, 0.3) is 0 Å². The number of hydrogen-bond acceptors (Lipinski definition) is 6. The van der Waals surface area contributed by atoms with Crippen LogP contribution >= 0.6 is 11.6 Å². The van der Waals surface area contributed by atoms with Gasteiger partial charge >= 0.3 is 5.97 Å². The maximum absolute atomic E-state index is 14.2. The van der Waals surface area contributed by atoms with Crippen molar-refractivity contribution in [2.24, 2.45) is 0 Å². The molecule has 0 spiro atoms. The molecule has 1 saturated heterocycles. The summed E-state index contributed by atoms with van der Waals surface area (Å²) in [5.74, 6) is -3.17. The first-order valence-electron chi connectivity index (χ1n) is 11.1. The van der Waals surface area contributed by atoms with Crippen molar-refractivity contribution in [3.05, 3.63) is 106 Å². The van der Waals surface area contributed by atoms with E-state index < -0.39 is 55.8 Å². The summed E-state index contributed by atoms with van der Waals surface area (Å²) in [4.78, 5) is 26.7. The summed E-state index contributed by atoms with van der Waals surface area (Å²) in [7, 11) is -4.63. The van der Waals surface area contributed by atoms with Crippen molar-refractivity contribution in [1.29, 1.82) is 0 Å². The highest BCUT2D eigenvalue weighted by atomic mass is 35.5. The summed E-state index contributed by atoms with van der Waals surface area (Å²) >= 11 is 5.92. The second kappa shape index (κ2) is 10.5. The van der Waals surface area contributed by atoms with E-state index in [4.69, 9.17) is 16.3 Å². The molecule has 0 aromatic heterocycles. The van der Waals surface area contributed by atoms with Crippen LogP contribution in [0.5, 0.6) is 0 Å². The molecule has 3 aromatic rings. The van der Waals surface area contributed by atoms with E-state index in [2.05, 4.69) is 5.32 Å². The summed E-state index contributed by atoms with van der Waals surface area (Å²) in [6, 6.07) is 13.4. The van der Waals surface area contributed by atoms with Crippen molar-refractivity contribution in [3.8, 4) is 0 Å². The molecule has 0 unspecified atom stereocenters. The molecule has 1 heterocycles. The molecular formula is C26H22ClF2NO5S. The van der Waals surface area contributed by atoms with Crippen LogP contribution in [0, 0.1) is 11.6 Å². The van der Waals surface area contributed by atoms with E-state index in [-0.39, 0.29) is 23.3 Å². The highest BCUT2D eigenvalue weighted by Gasteiger charge is 2.56. The second-order valence-corrected chi connectivity index (χ2v) is 10.9. The van der Waals surface area contributed by atoms with E-state index in [9.17, 15) is 26.8 Å². The van der Waals surface area contributed by atoms with Crippen LogP contribution in [0.25, 0.3) is 0 Å². The van der Waals surface area contributed by atoms with Crippen molar-refractivity contribution < 1.29 is 31.5 Å². The molecular weight excluding hydrogens is 512 g/mol. The van der Waals surface area contributed by atoms with E-state index in [1.165, 1.54) is 67.6 Å². The lowest BCUT2D eigenvalue weighted by Crippen LogP contribution is -2.59. The molecule has 3 aromatic carbocycles. The highest BCUT2D eigenvalue weighted by molar-refractivity contribution is 7.94. The van der Waals surface area contributed by atoms with Gasteiger partial charge in [0.1, 0.15) is 16.9 Å². The zero-order valence-electron chi connectivity index (χ0n) is 19.0. The molecule has 0 aliphatic carbocycles. The minimum atomic E-state index is -4.63. The molecule has 4 rings (SSSR count). The van der Waals surface area contributed by atoms with E-state index >= 15 is 0 Å². The zero-order chi connectivity index (χ0) is 26.0. The number of carbonyl (C=O) groups is 2.